The van der Waals surface area contributed by atoms with E-state index in [9.17, 15) is 13.2 Å². The van der Waals surface area contributed by atoms with Crippen molar-refractivity contribution in [3.63, 3.8) is 0 Å². The van der Waals surface area contributed by atoms with Crippen LogP contribution in [0, 0.1) is 0 Å². The summed E-state index contributed by atoms with van der Waals surface area (Å²) in [7, 11) is -3.50. The average molecular weight is 323 g/mol. The molecule has 120 valence electrons. The van der Waals surface area contributed by atoms with Crippen LogP contribution >= 0.6 is 0 Å². The summed E-state index contributed by atoms with van der Waals surface area (Å²) in [6.45, 7) is 3.51. The summed E-state index contributed by atoms with van der Waals surface area (Å²) in [4.78, 5) is 13.5. The standard InChI is InChI=1S/C15H21N3O3S/c1-11(19)18-8-6-12-9-14(4-5-15(12)18)22(20,21)17-10-13-3-2-7-16-13/h4-5,9,13,16-17H,2-3,6-8,10H2,1H3. The van der Waals surface area contributed by atoms with Crippen LogP contribution in [-0.4, -0.2) is 40.0 Å². The summed E-state index contributed by atoms with van der Waals surface area (Å²) in [6.07, 6.45) is 2.79. The predicted molar refractivity (Wildman–Crippen MR) is 84.4 cm³/mol. The summed E-state index contributed by atoms with van der Waals surface area (Å²) in [5.74, 6) is -0.0141. The highest BCUT2D eigenvalue weighted by Gasteiger charge is 2.25. The van der Waals surface area contributed by atoms with Gasteiger partial charge in [-0.25, -0.2) is 13.1 Å². The first-order valence-electron chi connectivity index (χ1n) is 7.61. The Morgan fingerprint density at radius 3 is 2.95 bits per heavy atom. The molecule has 2 N–H and O–H groups in total. The summed E-state index contributed by atoms with van der Waals surface area (Å²) < 4.78 is 27.4. The van der Waals surface area contributed by atoms with Gasteiger partial charge in [-0.1, -0.05) is 0 Å². The van der Waals surface area contributed by atoms with Gasteiger partial charge in [-0.15, -0.1) is 0 Å². The van der Waals surface area contributed by atoms with Gasteiger partial charge in [-0.05, 0) is 49.6 Å². The van der Waals surface area contributed by atoms with Crippen LogP contribution in [-0.2, 0) is 21.2 Å². The lowest BCUT2D eigenvalue weighted by Gasteiger charge is -2.15. The van der Waals surface area contributed by atoms with Crippen molar-refractivity contribution in [3.05, 3.63) is 23.8 Å². The van der Waals surface area contributed by atoms with Gasteiger partial charge >= 0.3 is 0 Å². The van der Waals surface area contributed by atoms with E-state index < -0.39 is 10.0 Å². The number of hydrogen-bond acceptors (Lipinski definition) is 4. The number of fused-ring (bicyclic) bond motifs is 1. The van der Waals surface area contributed by atoms with Crippen molar-refractivity contribution in [2.45, 2.75) is 37.1 Å². The molecule has 1 saturated heterocycles. The molecule has 0 aliphatic carbocycles. The predicted octanol–water partition coefficient (Wildman–Crippen LogP) is 0.626. The van der Waals surface area contributed by atoms with Gasteiger partial charge in [0.05, 0.1) is 4.90 Å². The number of carbonyl (C=O) groups excluding carboxylic acids is 1. The molecule has 1 fully saturated rings. The third-order valence-corrected chi connectivity index (χ3v) is 5.74. The van der Waals surface area contributed by atoms with Gasteiger partial charge in [0.15, 0.2) is 0 Å². The Morgan fingerprint density at radius 2 is 2.27 bits per heavy atom. The van der Waals surface area contributed by atoms with Crippen molar-refractivity contribution in [2.75, 3.05) is 24.5 Å². The molecule has 0 aromatic heterocycles. The molecular weight excluding hydrogens is 302 g/mol. The normalized spacial score (nSPS) is 21.1. The first-order chi connectivity index (χ1) is 10.5. The van der Waals surface area contributed by atoms with Crippen molar-refractivity contribution < 1.29 is 13.2 Å². The fraction of sp³-hybridized carbons (Fsp3) is 0.533. The topological polar surface area (TPSA) is 78.5 Å². The maximum absolute atomic E-state index is 12.4. The fourth-order valence-corrected chi connectivity index (χ4v) is 4.23. The maximum Gasteiger partial charge on any atom is 0.240 e. The van der Waals surface area contributed by atoms with Crippen LogP contribution in [0.2, 0.25) is 0 Å². The minimum atomic E-state index is -3.50. The minimum Gasteiger partial charge on any atom is -0.313 e. The summed E-state index contributed by atoms with van der Waals surface area (Å²) in [5.41, 5.74) is 1.74. The first-order valence-corrected chi connectivity index (χ1v) is 9.10. The molecule has 0 radical (unpaired) electrons. The number of amides is 1. The van der Waals surface area contributed by atoms with Crippen molar-refractivity contribution in [1.29, 1.82) is 0 Å². The molecule has 7 heteroatoms. The smallest absolute Gasteiger partial charge is 0.240 e. The second-order valence-corrected chi connectivity index (χ2v) is 7.62. The molecule has 2 heterocycles. The van der Waals surface area contributed by atoms with Crippen LogP contribution in [0.1, 0.15) is 25.3 Å². The molecule has 1 aromatic rings. The minimum absolute atomic E-state index is 0.0141. The van der Waals surface area contributed by atoms with Crippen LogP contribution in [0.15, 0.2) is 23.1 Å². The number of carbonyl (C=O) groups is 1. The lowest BCUT2D eigenvalue weighted by atomic mass is 10.2. The maximum atomic E-state index is 12.4. The number of nitrogens with zero attached hydrogens (tertiary/aromatic N) is 1. The zero-order chi connectivity index (χ0) is 15.7. The quantitative estimate of drug-likeness (QED) is 0.852. The molecule has 0 spiro atoms. The van der Waals surface area contributed by atoms with Crippen LogP contribution < -0.4 is 14.9 Å². The Labute approximate surface area is 130 Å². The van der Waals surface area contributed by atoms with E-state index in [4.69, 9.17) is 0 Å². The lowest BCUT2D eigenvalue weighted by molar-refractivity contribution is -0.116. The molecular formula is C15H21N3O3S. The molecule has 22 heavy (non-hydrogen) atoms. The summed E-state index contributed by atoms with van der Waals surface area (Å²) in [5, 5.41) is 3.27. The van der Waals surface area contributed by atoms with Gasteiger partial charge in [0, 0.05) is 31.7 Å². The highest BCUT2D eigenvalue weighted by Crippen LogP contribution is 2.30. The largest absolute Gasteiger partial charge is 0.313 e. The van der Waals surface area contributed by atoms with Gasteiger partial charge in [0.25, 0.3) is 0 Å². The number of nitrogens with one attached hydrogen (secondary N) is 2. The highest BCUT2D eigenvalue weighted by molar-refractivity contribution is 7.89. The fourth-order valence-electron chi connectivity index (χ4n) is 3.10. The Kier molecular flexibility index (Phi) is 4.20. The molecule has 1 atom stereocenters. The van der Waals surface area contributed by atoms with E-state index in [1.54, 1.807) is 23.1 Å². The molecule has 1 unspecified atom stereocenters. The van der Waals surface area contributed by atoms with Gasteiger partial charge in [0.2, 0.25) is 15.9 Å². The van der Waals surface area contributed by atoms with E-state index in [2.05, 4.69) is 10.0 Å². The number of hydrogen-bond donors (Lipinski definition) is 2. The van der Waals surface area contributed by atoms with E-state index in [1.165, 1.54) is 6.92 Å². The Balaban J connectivity index is 1.75. The number of anilines is 1. The molecule has 1 aromatic carbocycles. The third kappa shape index (κ3) is 3.02. The van der Waals surface area contributed by atoms with Gasteiger partial charge < -0.3 is 10.2 Å². The molecule has 6 nitrogen and oxygen atoms in total. The second-order valence-electron chi connectivity index (χ2n) is 5.86. The van der Waals surface area contributed by atoms with E-state index >= 15 is 0 Å². The van der Waals surface area contributed by atoms with Gasteiger partial charge in [-0.2, -0.15) is 0 Å². The lowest BCUT2D eigenvalue weighted by Crippen LogP contribution is -2.37. The first kappa shape index (κ1) is 15.5. The van der Waals surface area contributed by atoms with Crippen LogP contribution in [0.4, 0.5) is 5.69 Å². The zero-order valence-corrected chi connectivity index (χ0v) is 13.4. The Morgan fingerprint density at radius 1 is 1.45 bits per heavy atom. The van der Waals surface area contributed by atoms with Gasteiger partial charge in [0.1, 0.15) is 0 Å². The monoisotopic (exact) mass is 323 g/mol. The van der Waals surface area contributed by atoms with Crippen LogP contribution in [0.3, 0.4) is 0 Å². The van der Waals surface area contributed by atoms with Crippen molar-refractivity contribution in [3.8, 4) is 0 Å². The van der Waals surface area contributed by atoms with Crippen LogP contribution in [0.5, 0.6) is 0 Å². The SMILES string of the molecule is CC(=O)N1CCc2cc(S(=O)(=O)NCC3CCCN3)ccc21. The molecule has 3 rings (SSSR count). The van der Waals surface area contributed by atoms with E-state index in [0.717, 1.165) is 30.6 Å². The van der Waals surface area contributed by atoms with Crippen molar-refractivity contribution >= 4 is 21.6 Å². The van der Waals surface area contributed by atoms with E-state index in [-0.39, 0.29) is 16.8 Å². The number of sulfonamides is 1. The molecule has 2 aliphatic rings. The second kappa shape index (κ2) is 5.98. The molecule has 2 aliphatic heterocycles. The summed E-state index contributed by atoms with van der Waals surface area (Å²) in [6, 6.07) is 5.21. The molecule has 0 bridgehead atoms. The molecule has 0 saturated carbocycles. The zero-order valence-electron chi connectivity index (χ0n) is 12.6. The van der Waals surface area contributed by atoms with Gasteiger partial charge in [-0.3, -0.25) is 4.79 Å². The third-order valence-electron chi connectivity index (χ3n) is 4.32. The number of rotatable bonds is 4. The van der Waals surface area contributed by atoms with E-state index in [1.807, 2.05) is 0 Å². The Bertz CT molecular complexity index is 681. The van der Waals surface area contributed by atoms with E-state index in [0.29, 0.717) is 19.5 Å². The average Bonchev–Trinajstić information content (AvgIpc) is 3.13. The number of benzene rings is 1. The van der Waals surface area contributed by atoms with Crippen LogP contribution in [0.25, 0.3) is 0 Å². The highest BCUT2D eigenvalue weighted by atomic mass is 32.2. The Hall–Kier alpha value is -1.44. The van der Waals surface area contributed by atoms with Crippen molar-refractivity contribution in [1.82, 2.24) is 10.0 Å². The van der Waals surface area contributed by atoms with Crippen molar-refractivity contribution in [2.24, 2.45) is 0 Å². The molecule has 1 amide bonds. The summed E-state index contributed by atoms with van der Waals surface area (Å²) >= 11 is 0.